The molecule has 0 bridgehead atoms. The number of nitrogens with zero attached hydrogens (tertiary/aromatic N) is 2. The number of fused-ring (bicyclic) bond motifs is 5. The number of para-hydroxylation sites is 1. The van der Waals surface area contributed by atoms with Crippen LogP contribution >= 0.6 is 0 Å². The van der Waals surface area contributed by atoms with Crippen molar-refractivity contribution in [1.82, 2.24) is 25.2 Å². The first-order valence-electron chi connectivity index (χ1n) is 12.6. The summed E-state index contributed by atoms with van der Waals surface area (Å²) in [6, 6.07) is 11.3. The number of benzene rings is 2. The van der Waals surface area contributed by atoms with Crippen molar-refractivity contribution in [2.24, 2.45) is 0 Å². The lowest BCUT2D eigenvalue weighted by molar-refractivity contribution is -0.152. The summed E-state index contributed by atoms with van der Waals surface area (Å²) >= 11 is 0. The molecule has 4 unspecified atom stereocenters. The normalized spacial score (nSPS) is 23.5. The average Bonchev–Trinajstić information content (AvgIpc) is 3.57. The highest BCUT2D eigenvalue weighted by Gasteiger charge is 2.48. The molecule has 6 rings (SSSR count). The summed E-state index contributed by atoms with van der Waals surface area (Å²) in [5, 5.41) is 4.77. The zero-order valence-corrected chi connectivity index (χ0v) is 20.5. The quantitative estimate of drug-likeness (QED) is 0.340. The van der Waals surface area contributed by atoms with Gasteiger partial charge in [-0.2, -0.15) is 0 Å². The van der Waals surface area contributed by atoms with E-state index in [0.29, 0.717) is 18.4 Å². The van der Waals surface area contributed by atoms with Gasteiger partial charge in [0.15, 0.2) is 11.6 Å². The Morgan fingerprint density at radius 2 is 2.00 bits per heavy atom. The van der Waals surface area contributed by atoms with E-state index in [-0.39, 0.29) is 24.1 Å². The second kappa shape index (κ2) is 9.72. The van der Waals surface area contributed by atoms with Crippen LogP contribution < -0.4 is 5.32 Å². The predicted octanol–water partition coefficient (Wildman–Crippen LogP) is 4.35. The Morgan fingerprint density at radius 3 is 2.78 bits per heavy atom. The van der Waals surface area contributed by atoms with Gasteiger partial charge in [-0.15, -0.1) is 0 Å². The van der Waals surface area contributed by atoms with Crippen molar-refractivity contribution < 1.29 is 18.3 Å². The number of halogens is 2. The van der Waals surface area contributed by atoms with E-state index in [9.17, 15) is 13.6 Å². The number of ether oxygens (including phenoxy) is 1. The minimum atomic E-state index is -0.888. The highest BCUT2D eigenvalue weighted by Crippen LogP contribution is 2.49. The summed E-state index contributed by atoms with van der Waals surface area (Å²) in [7, 11) is 1.40. The van der Waals surface area contributed by atoms with Gasteiger partial charge in [-0.05, 0) is 42.2 Å². The zero-order valence-electron chi connectivity index (χ0n) is 20.5. The number of imidazole rings is 1. The van der Waals surface area contributed by atoms with Gasteiger partial charge in [0.1, 0.15) is 6.04 Å². The summed E-state index contributed by atoms with van der Waals surface area (Å²) in [5.74, 6) is -2.09. The van der Waals surface area contributed by atoms with Crippen molar-refractivity contribution in [2.75, 3.05) is 13.7 Å². The van der Waals surface area contributed by atoms with Gasteiger partial charge in [0.2, 0.25) is 0 Å². The fourth-order valence-electron chi connectivity index (χ4n) is 6.19. The molecular weight excluding hydrogens is 476 g/mol. The van der Waals surface area contributed by atoms with Crippen molar-refractivity contribution in [1.29, 1.82) is 0 Å². The zero-order chi connectivity index (χ0) is 25.5. The second-order valence-corrected chi connectivity index (χ2v) is 9.91. The van der Waals surface area contributed by atoms with E-state index in [1.165, 1.54) is 19.2 Å². The Kier molecular flexibility index (Phi) is 6.26. The van der Waals surface area contributed by atoms with Gasteiger partial charge < -0.3 is 20.0 Å². The molecule has 1 fully saturated rings. The molecule has 2 aliphatic rings. The molecule has 2 aromatic carbocycles. The summed E-state index contributed by atoms with van der Waals surface area (Å²) < 4.78 is 33.5. The maximum absolute atomic E-state index is 14.4. The van der Waals surface area contributed by atoms with Gasteiger partial charge in [-0.3, -0.25) is 9.69 Å². The van der Waals surface area contributed by atoms with Crippen molar-refractivity contribution in [3.05, 3.63) is 89.1 Å². The average molecular weight is 506 g/mol. The molecular formula is C28H29F2N5O2. The Balaban J connectivity index is 1.41. The fourth-order valence-corrected chi connectivity index (χ4v) is 6.19. The third-order valence-electron chi connectivity index (χ3n) is 7.86. The number of hydrogen-bond donors (Lipinski definition) is 3. The number of rotatable bonds is 6. The van der Waals surface area contributed by atoms with E-state index in [2.05, 4.69) is 31.2 Å². The van der Waals surface area contributed by atoms with Gasteiger partial charge in [-0.1, -0.05) is 24.3 Å². The topological polar surface area (TPSA) is 86.0 Å². The van der Waals surface area contributed by atoms with Gasteiger partial charge in [0, 0.05) is 60.0 Å². The molecule has 4 atom stereocenters. The summed E-state index contributed by atoms with van der Waals surface area (Å²) in [6.45, 7) is 0.740. The van der Waals surface area contributed by atoms with Crippen LogP contribution in [0.1, 0.15) is 47.4 Å². The number of carbonyl (C=O) groups excluding carboxylic acids is 1. The van der Waals surface area contributed by atoms with Crippen LogP contribution in [-0.4, -0.2) is 51.6 Å². The van der Waals surface area contributed by atoms with E-state index in [1.54, 1.807) is 12.4 Å². The molecule has 0 spiro atoms. The third kappa shape index (κ3) is 4.32. The largest absolute Gasteiger partial charge is 0.468 e. The molecule has 192 valence electrons. The van der Waals surface area contributed by atoms with Crippen molar-refractivity contribution in [3.8, 4) is 0 Å². The Bertz CT molecular complexity index is 1420. The maximum atomic E-state index is 14.4. The number of methoxy groups -OCH3 is 1. The molecule has 1 saturated heterocycles. The molecule has 37 heavy (non-hydrogen) atoms. The minimum Gasteiger partial charge on any atom is -0.468 e. The summed E-state index contributed by atoms with van der Waals surface area (Å²) in [5.41, 5.74) is 4.92. The number of carbonyl (C=O) groups is 1. The van der Waals surface area contributed by atoms with E-state index in [0.717, 1.165) is 47.2 Å². The molecule has 0 radical (unpaired) electrons. The van der Waals surface area contributed by atoms with Crippen molar-refractivity contribution in [3.63, 3.8) is 0 Å². The van der Waals surface area contributed by atoms with Crippen LogP contribution in [0.15, 0.2) is 55.0 Å². The molecule has 2 aromatic heterocycles. The molecule has 4 heterocycles. The fraction of sp³-hybridized carbons (Fsp3) is 0.357. The molecule has 0 amide bonds. The first-order chi connectivity index (χ1) is 18.0. The van der Waals surface area contributed by atoms with Crippen LogP contribution in [0.5, 0.6) is 0 Å². The van der Waals surface area contributed by atoms with Crippen LogP contribution in [0.2, 0.25) is 0 Å². The molecule has 0 saturated carbocycles. The van der Waals surface area contributed by atoms with E-state index in [1.807, 2.05) is 24.4 Å². The molecule has 0 aliphatic carbocycles. The SMILES string of the molecule is COC(=O)C1Cc2c([nH]c3ccccc23)C2CC(NCCc3cnc[nH]3)CC(c3ccc(F)c(F)c3)N12. The Hall–Kier alpha value is -3.56. The standard InChI is InChI=1S/C28H29F2N5O2/c1-37-28(36)26-13-20-19-4-2-3-5-23(19)34-27(20)25-12-18(32-9-8-17-14-31-15-33-17)11-24(35(25)26)16-6-7-21(29)22(30)10-16/h2-7,10,14-15,18,24-26,32,34H,8-9,11-13H2,1H3,(H,31,33). The first kappa shape index (κ1) is 23.8. The summed E-state index contributed by atoms with van der Waals surface area (Å²) in [6.07, 6.45) is 6.17. The molecule has 4 aromatic rings. The second-order valence-electron chi connectivity index (χ2n) is 9.91. The van der Waals surface area contributed by atoms with E-state index < -0.39 is 17.7 Å². The van der Waals surface area contributed by atoms with Crippen LogP contribution in [-0.2, 0) is 22.4 Å². The number of piperidine rings is 1. The van der Waals surface area contributed by atoms with Gasteiger partial charge >= 0.3 is 5.97 Å². The molecule has 2 aliphatic heterocycles. The number of hydrogen-bond acceptors (Lipinski definition) is 5. The smallest absolute Gasteiger partial charge is 0.323 e. The van der Waals surface area contributed by atoms with Gasteiger partial charge in [-0.25, -0.2) is 13.8 Å². The van der Waals surface area contributed by atoms with Crippen LogP contribution in [0.3, 0.4) is 0 Å². The lowest BCUT2D eigenvalue weighted by Gasteiger charge is -2.50. The maximum Gasteiger partial charge on any atom is 0.323 e. The van der Waals surface area contributed by atoms with Crippen LogP contribution in [0, 0.1) is 11.6 Å². The first-order valence-corrected chi connectivity index (χ1v) is 12.6. The number of aromatic nitrogens is 3. The molecule has 3 N–H and O–H groups in total. The molecule has 7 nitrogen and oxygen atoms in total. The van der Waals surface area contributed by atoms with Crippen molar-refractivity contribution in [2.45, 2.75) is 49.9 Å². The highest BCUT2D eigenvalue weighted by atomic mass is 19.2. The highest BCUT2D eigenvalue weighted by molar-refractivity contribution is 5.87. The monoisotopic (exact) mass is 505 g/mol. The summed E-state index contributed by atoms with van der Waals surface area (Å²) in [4.78, 5) is 26.1. The Labute approximate surface area is 213 Å². The van der Waals surface area contributed by atoms with Gasteiger partial charge in [0.05, 0.1) is 19.5 Å². The number of nitrogens with one attached hydrogen (secondary N) is 3. The lowest BCUT2D eigenvalue weighted by Crippen LogP contribution is -2.55. The Morgan fingerprint density at radius 1 is 1.16 bits per heavy atom. The molecule has 9 heteroatoms. The van der Waals surface area contributed by atoms with E-state index >= 15 is 0 Å². The minimum absolute atomic E-state index is 0.0953. The third-order valence-corrected chi connectivity index (χ3v) is 7.86. The van der Waals surface area contributed by atoms with E-state index in [4.69, 9.17) is 4.74 Å². The predicted molar refractivity (Wildman–Crippen MR) is 135 cm³/mol. The number of esters is 1. The lowest BCUT2D eigenvalue weighted by atomic mass is 9.79. The number of H-pyrrole nitrogens is 2. The van der Waals surface area contributed by atoms with Gasteiger partial charge in [0.25, 0.3) is 0 Å². The van der Waals surface area contributed by atoms with Crippen LogP contribution in [0.4, 0.5) is 8.78 Å². The van der Waals surface area contributed by atoms with Crippen LogP contribution in [0.25, 0.3) is 10.9 Å². The number of aromatic amines is 2. The van der Waals surface area contributed by atoms with Crippen molar-refractivity contribution >= 4 is 16.9 Å².